The number of halogens is 1. The number of carbonyl (C=O) groups excluding carboxylic acids is 2. The number of benzene rings is 2. The summed E-state index contributed by atoms with van der Waals surface area (Å²) in [4.78, 5) is 26.8. The topological polar surface area (TPSA) is 72.2 Å². The van der Waals surface area contributed by atoms with E-state index >= 15 is 0 Å². The largest absolute Gasteiger partial charge is 0.354 e. The van der Waals surface area contributed by atoms with Crippen molar-refractivity contribution in [3.05, 3.63) is 71.4 Å². The van der Waals surface area contributed by atoms with Crippen molar-refractivity contribution in [2.24, 2.45) is 7.05 Å². The van der Waals surface area contributed by atoms with E-state index in [1.807, 2.05) is 54.2 Å². The first-order chi connectivity index (χ1) is 16.0. The summed E-state index contributed by atoms with van der Waals surface area (Å²) < 4.78 is 3.89. The zero-order chi connectivity index (χ0) is 22.9. The van der Waals surface area contributed by atoms with E-state index in [9.17, 15) is 9.59 Å². The summed E-state index contributed by atoms with van der Waals surface area (Å²) in [6, 6.07) is 17.6. The number of carbonyl (C=O) groups is 2. The van der Waals surface area contributed by atoms with Gasteiger partial charge in [0, 0.05) is 53.8 Å². The first-order valence-corrected chi connectivity index (χ1v) is 11.3. The van der Waals surface area contributed by atoms with Crippen molar-refractivity contribution in [1.82, 2.24) is 19.7 Å². The summed E-state index contributed by atoms with van der Waals surface area (Å²) in [5.74, 6) is 0.389. The van der Waals surface area contributed by atoms with Crippen LogP contribution in [0.2, 0.25) is 5.02 Å². The molecule has 0 radical (unpaired) electrons. The first kappa shape index (κ1) is 21.3. The fraction of sp³-hybridized carbons (Fsp3) is 0.240. The SMILES string of the molecule is Cn1cc(-c2cc3n(n2)CCC(=O)N3CC(=O)NCCc2ccc(Cl)cc2)c2ccccc21. The van der Waals surface area contributed by atoms with E-state index in [1.165, 1.54) is 4.90 Å². The Bertz CT molecular complexity index is 1340. The molecule has 1 N–H and O–H groups in total. The maximum absolute atomic E-state index is 12.7. The molecule has 1 aliphatic heterocycles. The number of aryl methyl sites for hydroxylation is 2. The Hall–Kier alpha value is -3.58. The molecule has 3 heterocycles. The van der Waals surface area contributed by atoms with Crippen LogP contribution in [-0.4, -0.2) is 39.3 Å². The maximum Gasteiger partial charge on any atom is 0.240 e. The number of hydrogen-bond acceptors (Lipinski definition) is 3. The predicted molar refractivity (Wildman–Crippen MR) is 129 cm³/mol. The van der Waals surface area contributed by atoms with Crippen LogP contribution in [0.4, 0.5) is 5.82 Å². The lowest BCUT2D eigenvalue weighted by Crippen LogP contribution is -2.44. The summed E-state index contributed by atoms with van der Waals surface area (Å²) in [7, 11) is 2.01. The second kappa shape index (κ2) is 8.75. The highest BCUT2D eigenvalue weighted by Gasteiger charge is 2.28. The van der Waals surface area contributed by atoms with Gasteiger partial charge in [-0.05, 0) is 30.2 Å². The van der Waals surface area contributed by atoms with Crippen molar-refractivity contribution in [2.75, 3.05) is 18.0 Å². The number of hydrogen-bond donors (Lipinski definition) is 1. The molecule has 8 heteroatoms. The summed E-state index contributed by atoms with van der Waals surface area (Å²) >= 11 is 5.91. The molecule has 0 fully saturated rings. The molecule has 1 aliphatic rings. The number of para-hydroxylation sites is 1. The van der Waals surface area contributed by atoms with Crippen molar-refractivity contribution in [3.8, 4) is 11.3 Å². The van der Waals surface area contributed by atoms with Crippen molar-refractivity contribution < 1.29 is 9.59 Å². The van der Waals surface area contributed by atoms with Crippen LogP contribution in [0, 0.1) is 0 Å². The van der Waals surface area contributed by atoms with Crippen LogP contribution >= 0.6 is 11.6 Å². The van der Waals surface area contributed by atoms with Crippen LogP contribution in [0.5, 0.6) is 0 Å². The van der Waals surface area contributed by atoms with E-state index < -0.39 is 0 Å². The zero-order valence-corrected chi connectivity index (χ0v) is 19.0. The number of amides is 2. The third kappa shape index (κ3) is 4.24. The second-order valence-electron chi connectivity index (χ2n) is 8.24. The Balaban J connectivity index is 1.32. The summed E-state index contributed by atoms with van der Waals surface area (Å²) in [6.45, 7) is 0.969. The van der Waals surface area contributed by atoms with E-state index in [0.717, 1.165) is 27.7 Å². The van der Waals surface area contributed by atoms with Crippen molar-refractivity contribution in [2.45, 2.75) is 19.4 Å². The van der Waals surface area contributed by atoms with Gasteiger partial charge in [0.25, 0.3) is 0 Å². The minimum absolute atomic E-state index is 0.0277. The molecule has 2 aromatic carbocycles. The van der Waals surface area contributed by atoms with Gasteiger partial charge in [-0.15, -0.1) is 0 Å². The molecule has 0 saturated heterocycles. The molecule has 2 amide bonds. The van der Waals surface area contributed by atoms with E-state index in [0.29, 0.717) is 36.8 Å². The number of aromatic nitrogens is 3. The Morgan fingerprint density at radius 2 is 1.94 bits per heavy atom. The molecule has 0 unspecified atom stereocenters. The van der Waals surface area contributed by atoms with Gasteiger partial charge in [0.2, 0.25) is 11.8 Å². The van der Waals surface area contributed by atoms with Gasteiger partial charge in [-0.1, -0.05) is 41.9 Å². The molecular formula is C25H24ClN5O2. The molecule has 0 saturated carbocycles. The van der Waals surface area contributed by atoms with Crippen molar-refractivity contribution in [1.29, 1.82) is 0 Å². The van der Waals surface area contributed by atoms with Crippen LogP contribution in [0.15, 0.2) is 60.8 Å². The monoisotopic (exact) mass is 461 g/mol. The van der Waals surface area contributed by atoms with Gasteiger partial charge >= 0.3 is 0 Å². The lowest BCUT2D eigenvalue weighted by atomic mass is 10.1. The van der Waals surface area contributed by atoms with E-state index in [4.69, 9.17) is 16.7 Å². The quantitative estimate of drug-likeness (QED) is 0.475. The third-order valence-electron chi connectivity index (χ3n) is 6.00. The highest BCUT2D eigenvalue weighted by Crippen LogP contribution is 2.33. The molecule has 168 valence electrons. The average Bonchev–Trinajstić information content (AvgIpc) is 3.39. The predicted octanol–water partition coefficient (Wildman–Crippen LogP) is 3.79. The van der Waals surface area contributed by atoms with Crippen LogP contribution in [0.1, 0.15) is 12.0 Å². The summed E-state index contributed by atoms with van der Waals surface area (Å²) in [5.41, 5.74) is 4.01. The molecule has 0 spiro atoms. The number of nitrogens with one attached hydrogen (secondary N) is 1. The van der Waals surface area contributed by atoms with Gasteiger partial charge in [0.15, 0.2) is 0 Å². The highest BCUT2D eigenvalue weighted by molar-refractivity contribution is 6.30. The average molecular weight is 462 g/mol. The standard InChI is InChI=1S/C25H24ClN5O2/c1-29-15-20(19-4-2-3-5-22(19)29)21-14-24-30(25(33)11-13-31(24)28-21)16-23(32)27-12-10-17-6-8-18(26)9-7-17/h2-9,14-15H,10-13,16H2,1H3,(H,27,32). The van der Waals surface area contributed by atoms with Crippen molar-refractivity contribution in [3.63, 3.8) is 0 Å². The van der Waals surface area contributed by atoms with Gasteiger partial charge in [0.05, 0.1) is 12.2 Å². The lowest BCUT2D eigenvalue weighted by molar-refractivity contribution is -0.124. The Labute approximate surface area is 196 Å². The van der Waals surface area contributed by atoms with Crippen LogP contribution in [0.3, 0.4) is 0 Å². The minimum Gasteiger partial charge on any atom is -0.354 e. The van der Waals surface area contributed by atoms with Gasteiger partial charge in [-0.3, -0.25) is 14.5 Å². The summed E-state index contributed by atoms with van der Waals surface area (Å²) in [5, 5.41) is 9.45. The van der Waals surface area contributed by atoms with Gasteiger partial charge in [-0.25, -0.2) is 4.68 Å². The van der Waals surface area contributed by atoms with Crippen LogP contribution in [0.25, 0.3) is 22.2 Å². The van der Waals surface area contributed by atoms with Gasteiger partial charge < -0.3 is 9.88 Å². The number of rotatable bonds is 6. The smallest absolute Gasteiger partial charge is 0.240 e. The highest BCUT2D eigenvalue weighted by atomic mass is 35.5. The first-order valence-electron chi connectivity index (χ1n) is 10.9. The normalized spacial score (nSPS) is 13.4. The lowest BCUT2D eigenvalue weighted by Gasteiger charge is -2.26. The fourth-order valence-electron chi connectivity index (χ4n) is 4.30. The molecule has 5 rings (SSSR count). The van der Waals surface area contributed by atoms with Crippen LogP contribution < -0.4 is 10.2 Å². The molecule has 0 aliphatic carbocycles. The number of anilines is 1. The van der Waals surface area contributed by atoms with E-state index in [-0.39, 0.29) is 18.4 Å². The number of nitrogens with zero attached hydrogens (tertiary/aromatic N) is 4. The second-order valence-corrected chi connectivity index (χ2v) is 8.67. The maximum atomic E-state index is 12.7. The van der Waals surface area contributed by atoms with E-state index in [1.54, 1.807) is 0 Å². The molecule has 0 bridgehead atoms. The zero-order valence-electron chi connectivity index (χ0n) is 18.3. The Kier molecular flexibility index (Phi) is 5.64. The molecule has 0 atom stereocenters. The Morgan fingerprint density at radius 3 is 2.76 bits per heavy atom. The van der Waals surface area contributed by atoms with Gasteiger partial charge in [-0.2, -0.15) is 5.10 Å². The fourth-order valence-corrected chi connectivity index (χ4v) is 4.42. The minimum atomic E-state index is -0.196. The molecule has 7 nitrogen and oxygen atoms in total. The Morgan fingerprint density at radius 1 is 1.15 bits per heavy atom. The molecular weight excluding hydrogens is 438 g/mol. The van der Waals surface area contributed by atoms with Crippen molar-refractivity contribution >= 4 is 40.1 Å². The molecule has 2 aromatic heterocycles. The number of fused-ring (bicyclic) bond motifs is 2. The third-order valence-corrected chi connectivity index (χ3v) is 6.25. The van der Waals surface area contributed by atoms with Gasteiger partial charge in [0.1, 0.15) is 12.4 Å². The van der Waals surface area contributed by atoms with Crippen LogP contribution in [-0.2, 0) is 29.6 Å². The molecule has 33 heavy (non-hydrogen) atoms. The molecule has 4 aromatic rings. The summed E-state index contributed by atoms with van der Waals surface area (Å²) in [6.07, 6.45) is 3.07. The van der Waals surface area contributed by atoms with E-state index in [2.05, 4.69) is 28.2 Å².